The number of hydrogen-bond acceptors (Lipinski definition) is 5. The van der Waals surface area contributed by atoms with Gasteiger partial charge in [0.05, 0.1) is 7.11 Å². The molecule has 32 heavy (non-hydrogen) atoms. The number of pyridine rings is 1. The summed E-state index contributed by atoms with van der Waals surface area (Å²) in [6.07, 6.45) is 4.28. The fraction of sp³-hybridized carbons (Fsp3) is 0.154. The number of amides is 1. The molecule has 0 atom stereocenters. The number of nitrogens with zero attached hydrogens (tertiary/aromatic N) is 1. The van der Waals surface area contributed by atoms with E-state index in [1.165, 1.54) is 0 Å². The second-order valence-electron chi connectivity index (χ2n) is 7.20. The molecule has 2 heterocycles. The van der Waals surface area contributed by atoms with E-state index in [2.05, 4.69) is 10.3 Å². The van der Waals surface area contributed by atoms with Crippen molar-refractivity contribution in [3.8, 4) is 22.8 Å². The Morgan fingerprint density at radius 2 is 1.88 bits per heavy atom. The van der Waals surface area contributed by atoms with Gasteiger partial charge in [-0.15, -0.1) is 0 Å². The zero-order valence-corrected chi connectivity index (χ0v) is 17.8. The van der Waals surface area contributed by atoms with Gasteiger partial charge in [0, 0.05) is 48.1 Å². The molecular weight excluding hydrogens is 404 g/mol. The number of aryl methyl sites for hydroxylation is 1. The number of methoxy groups -OCH3 is 1. The summed E-state index contributed by atoms with van der Waals surface area (Å²) in [5.41, 5.74) is 2.60. The predicted molar refractivity (Wildman–Crippen MR) is 123 cm³/mol. The second kappa shape index (κ2) is 10.3. The van der Waals surface area contributed by atoms with Crippen molar-refractivity contribution in [3.63, 3.8) is 0 Å². The van der Waals surface area contributed by atoms with Crippen molar-refractivity contribution in [2.24, 2.45) is 0 Å². The highest BCUT2D eigenvalue weighted by molar-refractivity contribution is 5.91. The van der Waals surface area contributed by atoms with E-state index in [0.717, 1.165) is 22.6 Å². The smallest absolute Gasteiger partial charge is 0.224 e. The lowest BCUT2D eigenvalue weighted by molar-refractivity contribution is -0.116. The van der Waals surface area contributed by atoms with E-state index in [0.29, 0.717) is 36.6 Å². The number of ether oxygens (including phenoxy) is 2. The van der Waals surface area contributed by atoms with Gasteiger partial charge in [0.2, 0.25) is 5.91 Å². The minimum atomic E-state index is -0.106. The molecule has 1 amide bonds. The van der Waals surface area contributed by atoms with Gasteiger partial charge < -0.3 is 19.2 Å². The van der Waals surface area contributed by atoms with Gasteiger partial charge in [0.15, 0.2) is 11.5 Å². The van der Waals surface area contributed by atoms with Gasteiger partial charge in [-0.1, -0.05) is 36.4 Å². The Kier molecular flexibility index (Phi) is 6.82. The van der Waals surface area contributed by atoms with E-state index in [-0.39, 0.29) is 5.91 Å². The Hall–Kier alpha value is -4.06. The number of carbonyl (C=O) groups excluding carboxylic acids is 1. The predicted octanol–water partition coefficient (Wildman–Crippen LogP) is 5.50. The van der Waals surface area contributed by atoms with E-state index < -0.39 is 0 Å². The number of hydrogen-bond donors (Lipinski definition) is 1. The number of carbonyl (C=O) groups is 1. The van der Waals surface area contributed by atoms with Crippen LogP contribution in [0.15, 0.2) is 89.6 Å². The Bertz CT molecular complexity index is 1160. The van der Waals surface area contributed by atoms with Gasteiger partial charge >= 0.3 is 0 Å². The average molecular weight is 428 g/mol. The molecule has 2 aromatic carbocycles. The first-order valence-electron chi connectivity index (χ1n) is 10.3. The summed E-state index contributed by atoms with van der Waals surface area (Å²) < 4.78 is 17.1. The van der Waals surface area contributed by atoms with E-state index in [9.17, 15) is 4.79 Å². The summed E-state index contributed by atoms with van der Waals surface area (Å²) >= 11 is 0. The van der Waals surface area contributed by atoms with Crippen LogP contribution in [-0.4, -0.2) is 18.0 Å². The first-order valence-corrected chi connectivity index (χ1v) is 10.3. The van der Waals surface area contributed by atoms with Crippen molar-refractivity contribution < 1.29 is 18.7 Å². The van der Waals surface area contributed by atoms with E-state index in [1.54, 1.807) is 37.7 Å². The van der Waals surface area contributed by atoms with Crippen molar-refractivity contribution in [1.29, 1.82) is 0 Å². The summed E-state index contributed by atoms with van der Waals surface area (Å²) in [5, 5.41) is 2.91. The van der Waals surface area contributed by atoms with Gasteiger partial charge in [-0.3, -0.25) is 9.78 Å². The molecule has 0 radical (unpaired) electrons. The van der Waals surface area contributed by atoms with Crippen LogP contribution < -0.4 is 14.8 Å². The number of furan rings is 1. The van der Waals surface area contributed by atoms with Gasteiger partial charge in [0.1, 0.15) is 18.1 Å². The topological polar surface area (TPSA) is 73.6 Å². The molecule has 0 bridgehead atoms. The third-order valence-electron chi connectivity index (χ3n) is 4.88. The normalized spacial score (nSPS) is 10.5. The maximum absolute atomic E-state index is 12.5. The minimum Gasteiger partial charge on any atom is -0.493 e. The van der Waals surface area contributed by atoms with E-state index in [1.807, 2.05) is 54.6 Å². The molecule has 4 aromatic rings. The zero-order chi connectivity index (χ0) is 22.2. The first kappa shape index (κ1) is 21.2. The van der Waals surface area contributed by atoms with Gasteiger partial charge in [-0.05, 0) is 30.3 Å². The maximum atomic E-state index is 12.5. The Labute approximate surface area is 186 Å². The highest BCUT2D eigenvalue weighted by Gasteiger charge is 2.11. The molecule has 162 valence electrons. The molecule has 4 rings (SSSR count). The molecule has 0 aliphatic carbocycles. The van der Waals surface area contributed by atoms with Crippen LogP contribution in [0.4, 0.5) is 5.69 Å². The maximum Gasteiger partial charge on any atom is 0.224 e. The molecule has 0 aliphatic rings. The van der Waals surface area contributed by atoms with Crippen LogP contribution in [0, 0.1) is 0 Å². The molecule has 0 fully saturated rings. The molecule has 0 saturated heterocycles. The molecule has 0 spiro atoms. The fourth-order valence-electron chi connectivity index (χ4n) is 3.24. The van der Waals surface area contributed by atoms with Gasteiger partial charge in [-0.2, -0.15) is 0 Å². The lowest BCUT2D eigenvalue weighted by Gasteiger charge is -2.13. The summed E-state index contributed by atoms with van der Waals surface area (Å²) in [4.78, 5) is 16.6. The van der Waals surface area contributed by atoms with E-state index in [4.69, 9.17) is 13.9 Å². The Balaban J connectivity index is 1.34. The third-order valence-corrected chi connectivity index (χ3v) is 4.88. The molecule has 2 aromatic heterocycles. The van der Waals surface area contributed by atoms with Crippen LogP contribution in [-0.2, 0) is 17.8 Å². The van der Waals surface area contributed by atoms with Crippen molar-refractivity contribution >= 4 is 11.6 Å². The van der Waals surface area contributed by atoms with Crippen molar-refractivity contribution in [2.45, 2.75) is 19.4 Å². The van der Waals surface area contributed by atoms with Crippen LogP contribution >= 0.6 is 0 Å². The molecule has 1 N–H and O–H groups in total. The number of aromatic nitrogens is 1. The van der Waals surface area contributed by atoms with Gasteiger partial charge in [-0.25, -0.2) is 0 Å². The number of nitrogens with one attached hydrogen (secondary N) is 1. The van der Waals surface area contributed by atoms with Crippen LogP contribution in [0.1, 0.15) is 17.7 Å². The molecule has 0 unspecified atom stereocenters. The SMILES string of the molecule is COc1ccc(NC(=O)CCc2ccc(-c3ccccc3)o2)cc1OCc1cccnc1. The minimum absolute atomic E-state index is 0.106. The highest BCUT2D eigenvalue weighted by Crippen LogP contribution is 2.31. The molecular formula is C26H24N2O4. The monoisotopic (exact) mass is 428 g/mol. The molecule has 6 heteroatoms. The van der Waals surface area contributed by atoms with E-state index >= 15 is 0 Å². The Morgan fingerprint density at radius 3 is 2.66 bits per heavy atom. The molecule has 6 nitrogen and oxygen atoms in total. The average Bonchev–Trinajstić information content (AvgIpc) is 3.32. The standard InChI is InChI=1S/C26H24N2O4/c1-30-24-12-9-21(16-25(24)31-18-19-6-5-15-27-17-19)28-26(29)14-11-22-10-13-23(32-22)20-7-3-2-4-8-20/h2-10,12-13,15-17H,11,14,18H2,1H3,(H,28,29). The van der Waals surface area contributed by atoms with Gasteiger partial charge in [0.25, 0.3) is 0 Å². The molecule has 0 saturated carbocycles. The second-order valence-corrected chi connectivity index (χ2v) is 7.20. The van der Waals surface area contributed by atoms with Crippen molar-refractivity contribution in [1.82, 2.24) is 4.98 Å². The largest absolute Gasteiger partial charge is 0.493 e. The van der Waals surface area contributed by atoms with Crippen molar-refractivity contribution in [3.05, 3.63) is 96.5 Å². The fourth-order valence-corrected chi connectivity index (χ4v) is 3.24. The lowest BCUT2D eigenvalue weighted by Crippen LogP contribution is -2.12. The van der Waals surface area contributed by atoms with Crippen LogP contribution in [0.2, 0.25) is 0 Å². The highest BCUT2D eigenvalue weighted by atomic mass is 16.5. The third kappa shape index (κ3) is 5.55. The van der Waals surface area contributed by atoms with Crippen LogP contribution in [0.5, 0.6) is 11.5 Å². The Morgan fingerprint density at radius 1 is 1.00 bits per heavy atom. The number of anilines is 1. The first-order chi connectivity index (χ1) is 15.7. The van der Waals surface area contributed by atoms with Crippen LogP contribution in [0.3, 0.4) is 0 Å². The zero-order valence-electron chi connectivity index (χ0n) is 17.8. The number of rotatable bonds is 9. The van der Waals surface area contributed by atoms with Crippen molar-refractivity contribution in [2.75, 3.05) is 12.4 Å². The summed E-state index contributed by atoms with van der Waals surface area (Å²) in [7, 11) is 1.58. The lowest BCUT2D eigenvalue weighted by atomic mass is 10.2. The quantitative estimate of drug-likeness (QED) is 0.381. The summed E-state index contributed by atoms with van der Waals surface area (Å²) in [5.74, 6) is 2.61. The number of benzene rings is 2. The summed E-state index contributed by atoms with van der Waals surface area (Å²) in [6, 6.07) is 22.8. The molecule has 0 aliphatic heterocycles. The summed E-state index contributed by atoms with van der Waals surface area (Å²) in [6.45, 7) is 0.351. The van der Waals surface area contributed by atoms with Crippen LogP contribution in [0.25, 0.3) is 11.3 Å².